The summed E-state index contributed by atoms with van der Waals surface area (Å²) in [6.07, 6.45) is -1.06. The van der Waals surface area contributed by atoms with Gasteiger partial charge in [-0.25, -0.2) is 8.42 Å². The molecule has 0 radical (unpaired) electrons. The molecule has 0 heterocycles. The van der Waals surface area contributed by atoms with Crippen LogP contribution in [0.1, 0.15) is 51.3 Å². The van der Waals surface area contributed by atoms with Crippen LogP contribution in [0.4, 0.5) is 0 Å². The van der Waals surface area contributed by atoms with Gasteiger partial charge in [0.2, 0.25) is 15.8 Å². The van der Waals surface area contributed by atoms with E-state index in [1.54, 1.807) is 6.07 Å². The van der Waals surface area contributed by atoms with Crippen LogP contribution in [0.25, 0.3) is 0 Å². The van der Waals surface area contributed by atoms with E-state index in [4.69, 9.17) is 4.74 Å². The molecule has 7 nitrogen and oxygen atoms in total. The SMILES string of the molecule is CC(=O)c1ccc(S(=O)(=O)N(C)CC(=O)OC(C)C(=O)c2cc(C)c(C)cc2C)cc1. The molecule has 2 rings (SSSR count). The van der Waals surface area contributed by atoms with E-state index in [2.05, 4.69) is 0 Å². The van der Waals surface area contributed by atoms with Crippen LogP contribution >= 0.6 is 0 Å². The number of aryl methyl sites for hydroxylation is 3. The molecule has 0 aromatic heterocycles. The molecule has 166 valence electrons. The fraction of sp³-hybridized carbons (Fsp3) is 0.348. The molecule has 0 aliphatic carbocycles. The Balaban J connectivity index is 2.08. The molecule has 0 saturated heterocycles. The maximum atomic E-state index is 12.7. The number of rotatable bonds is 8. The van der Waals surface area contributed by atoms with E-state index in [9.17, 15) is 22.8 Å². The third-order valence-electron chi connectivity index (χ3n) is 5.10. The molecule has 0 saturated carbocycles. The van der Waals surface area contributed by atoms with E-state index in [0.29, 0.717) is 11.1 Å². The van der Waals surface area contributed by atoms with Crippen LogP contribution in [0, 0.1) is 20.8 Å². The summed E-state index contributed by atoms with van der Waals surface area (Å²) in [5.74, 6) is -1.37. The largest absolute Gasteiger partial charge is 0.453 e. The average molecular weight is 446 g/mol. The van der Waals surface area contributed by atoms with Crippen LogP contribution in [0.5, 0.6) is 0 Å². The molecular weight excluding hydrogens is 418 g/mol. The van der Waals surface area contributed by atoms with Gasteiger partial charge in [0.25, 0.3) is 0 Å². The van der Waals surface area contributed by atoms with Crippen molar-refractivity contribution in [3.05, 3.63) is 64.2 Å². The first kappa shape index (κ1) is 24.4. The number of carbonyl (C=O) groups is 3. The molecule has 31 heavy (non-hydrogen) atoms. The van der Waals surface area contributed by atoms with E-state index >= 15 is 0 Å². The highest BCUT2D eigenvalue weighted by Gasteiger charge is 2.26. The molecule has 1 unspecified atom stereocenters. The van der Waals surface area contributed by atoms with Crippen molar-refractivity contribution in [2.24, 2.45) is 0 Å². The fourth-order valence-corrected chi connectivity index (χ4v) is 4.16. The lowest BCUT2D eigenvalue weighted by atomic mass is 9.96. The molecule has 2 aromatic carbocycles. The standard InChI is InChI=1S/C23H27NO6S/c1-14-11-16(3)21(12-15(14)2)23(27)18(5)30-22(26)13-24(6)31(28,29)20-9-7-19(8-10-20)17(4)25/h7-12,18H,13H2,1-6H3. The Bertz CT molecular complexity index is 1120. The second kappa shape index (κ2) is 9.53. The van der Waals surface area contributed by atoms with Crippen molar-refractivity contribution in [1.29, 1.82) is 0 Å². The summed E-state index contributed by atoms with van der Waals surface area (Å²) in [6, 6.07) is 9.10. The van der Waals surface area contributed by atoms with E-state index in [1.165, 1.54) is 45.2 Å². The molecule has 0 bridgehead atoms. The number of sulfonamides is 1. The summed E-state index contributed by atoms with van der Waals surface area (Å²) >= 11 is 0. The van der Waals surface area contributed by atoms with Crippen molar-refractivity contribution in [1.82, 2.24) is 4.31 Å². The van der Waals surface area contributed by atoms with Crippen LogP contribution in [-0.4, -0.2) is 50.0 Å². The number of hydrogen-bond acceptors (Lipinski definition) is 6. The number of ether oxygens (including phenoxy) is 1. The van der Waals surface area contributed by atoms with Crippen LogP contribution in [0.15, 0.2) is 41.3 Å². The molecule has 0 aliphatic rings. The molecule has 0 aliphatic heterocycles. The third kappa shape index (κ3) is 5.65. The first-order valence-electron chi connectivity index (χ1n) is 9.73. The summed E-state index contributed by atoms with van der Waals surface area (Å²) < 4.78 is 31.4. The highest BCUT2D eigenvalue weighted by Crippen LogP contribution is 2.19. The lowest BCUT2D eigenvalue weighted by Gasteiger charge is -2.19. The van der Waals surface area contributed by atoms with Gasteiger partial charge in [-0.15, -0.1) is 0 Å². The molecule has 1 atom stereocenters. The molecule has 2 aromatic rings. The predicted octanol–water partition coefficient (Wildman–Crippen LogP) is 3.25. The maximum Gasteiger partial charge on any atom is 0.322 e. The Morgan fingerprint density at radius 3 is 2.06 bits per heavy atom. The Hall–Kier alpha value is -2.84. The van der Waals surface area contributed by atoms with Crippen LogP contribution < -0.4 is 0 Å². The number of Topliss-reactive ketones (excluding diaryl/α,β-unsaturated/α-hetero) is 2. The van der Waals surface area contributed by atoms with Gasteiger partial charge < -0.3 is 4.74 Å². The third-order valence-corrected chi connectivity index (χ3v) is 6.92. The maximum absolute atomic E-state index is 12.7. The number of nitrogens with zero attached hydrogens (tertiary/aromatic N) is 1. The number of carbonyl (C=O) groups excluding carboxylic acids is 3. The van der Waals surface area contributed by atoms with Crippen LogP contribution in [0.2, 0.25) is 0 Å². The number of benzene rings is 2. The predicted molar refractivity (Wildman–Crippen MR) is 117 cm³/mol. The van der Waals surface area contributed by atoms with Crippen LogP contribution in [0.3, 0.4) is 0 Å². The number of ketones is 2. The minimum atomic E-state index is -3.97. The van der Waals surface area contributed by atoms with Gasteiger partial charge in [0.15, 0.2) is 11.9 Å². The van der Waals surface area contributed by atoms with Gasteiger partial charge in [-0.05, 0) is 69.5 Å². The van der Waals surface area contributed by atoms with Crippen molar-refractivity contribution >= 4 is 27.6 Å². The minimum Gasteiger partial charge on any atom is -0.453 e. The monoisotopic (exact) mass is 445 g/mol. The highest BCUT2D eigenvalue weighted by molar-refractivity contribution is 7.89. The zero-order valence-electron chi connectivity index (χ0n) is 18.6. The van der Waals surface area contributed by atoms with Crippen molar-refractivity contribution in [3.8, 4) is 0 Å². The van der Waals surface area contributed by atoms with Crippen molar-refractivity contribution < 1.29 is 27.5 Å². The van der Waals surface area contributed by atoms with Crippen molar-refractivity contribution in [2.45, 2.75) is 45.6 Å². The Morgan fingerprint density at radius 1 is 0.968 bits per heavy atom. The van der Waals surface area contributed by atoms with Gasteiger partial charge in [0.1, 0.15) is 6.54 Å². The highest BCUT2D eigenvalue weighted by atomic mass is 32.2. The van der Waals surface area contributed by atoms with Crippen molar-refractivity contribution in [2.75, 3.05) is 13.6 Å². The second-order valence-corrected chi connectivity index (χ2v) is 9.63. The Kier molecular flexibility index (Phi) is 7.51. The molecule has 0 fully saturated rings. The topological polar surface area (TPSA) is 97.8 Å². The van der Waals surface area contributed by atoms with Gasteiger partial charge in [0, 0.05) is 18.2 Å². The first-order chi connectivity index (χ1) is 14.3. The average Bonchev–Trinajstić information content (AvgIpc) is 2.69. The number of esters is 1. The van der Waals surface area contributed by atoms with Gasteiger partial charge in [-0.2, -0.15) is 4.31 Å². The van der Waals surface area contributed by atoms with E-state index < -0.39 is 28.6 Å². The summed E-state index contributed by atoms with van der Waals surface area (Å²) in [5, 5.41) is 0. The quantitative estimate of drug-likeness (QED) is 0.457. The van der Waals surface area contributed by atoms with E-state index in [0.717, 1.165) is 21.0 Å². The molecular formula is C23H27NO6S. The summed E-state index contributed by atoms with van der Waals surface area (Å²) in [6.45, 7) is 7.94. The first-order valence-corrected chi connectivity index (χ1v) is 11.2. The number of hydrogen-bond donors (Lipinski definition) is 0. The summed E-state index contributed by atoms with van der Waals surface area (Å²) in [7, 11) is -2.72. The molecule has 0 spiro atoms. The van der Waals surface area contributed by atoms with Gasteiger partial charge >= 0.3 is 5.97 Å². The summed E-state index contributed by atoms with van der Waals surface area (Å²) in [4.78, 5) is 36.3. The van der Waals surface area contributed by atoms with Gasteiger partial charge in [0.05, 0.1) is 4.90 Å². The Morgan fingerprint density at radius 2 is 1.52 bits per heavy atom. The van der Waals surface area contributed by atoms with E-state index in [-0.39, 0.29) is 16.5 Å². The lowest BCUT2D eigenvalue weighted by Crippen LogP contribution is -2.35. The zero-order valence-corrected chi connectivity index (χ0v) is 19.4. The zero-order chi connectivity index (χ0) is 23.5. The molecule has 8 heteroatoms. The second-order valence-electron chi connectivity index (χ2n) is 7.59. The number of likely N-dealkylation sites (N-methyl/N-ethyl adjacent to an activating group) is 1. The Labute approximate surface area is 183 Å². The minimum absolute atomic E-state index is 0.0531. The smallest absolute Gasteiger partial charge is 0.322 e. The van der Waals surface area contributed by atoms with E-state index in [1.807, 2.05) is 26.8 Å². The van der Waals surface area contributed by atoms with Gasteiger partial charge in [-0.3, -0.25) is 14.4 Å². The normalized spacial score (nSPS) is 12.5. The van der Waals surface area contributed by atoms with Gasteiger partial charge in [-0.1, -0.05) is 18.2 Å². The van der Waals surface area contributed by atoms with Crippen LogP contribution in [-0.2, 0) is 19.6 Å². The molecule has 0 N–H and O–H groups in total. The van der Waals surface area contributed by atoms with Crippen molar-refractivity contribution in [3.63, 3.8) is 0 Å². The lowest BCUT2D eigenvalue weighted by molar-refractivity contribution is -0.146. The molecule has 0 amide bonds. The summed E-state index contributed by atoms with van der Waals surface area (Å²) in [5.41, 5.74) is 3.64. The fourth-order valence-electron chi connectivity index (χ4n) is 3.04.